The number of amides is 1. The molecule has 1 atom stereocenters. The SMILES string of the molecule is CC1(NC(=O)c2ccccc2C(F)(F)F)C=C(C#N)C(=O)C(C)(C)C1. The summed E-state index contributed by atoms with van der Waals surface area (Å²) >= 11 is 0. The molecule has 4 nitrogen and oxygen atoms in total. The summed E-state index contributed by atoms with van der Waals surface area (Å²) in [5, 5.41) is 11.7. The van der Waals surface area contributed by atoms with Crippen LogP contribution in [0, 0.1) is 16.7 Å². The topological polar surface area (TPSA) is 70.0 Å². The second-order valence-electron chi connectivity index (χ2n) is 6.97. The highest BCUT2D eigenvalue weighted by Crippen LogP contribution is 2.38. The van der Waals surface area contributed by atoms with Gasteiger partial charge < -0.3 is 5.32 Å². The van der Waals surface area contributed by atoms with E-state index in [2.05, 4.69) is 5.32 Å². The van der Waals surface area contributed by atoms with Crippen molar-refractivity contribution in [3.05, 3.63) is 47.0 Å². The number of carbonyl (C=O) groups excluding carboxylic acids is 2. The molecule has 1 N–H and O–H groups in total. The van der Waals surface area contributed by atoms with E-state index in [1.807, 2.05) is 0 Å². The standard InChI is InChI=1S/C18H17F3N2O2/c1-16(2)10-17(3,8-11(9-22)14(16)24)23-15(25)12-6-4-5-7-13(12)18(19,20)21/h4-8H,10H2,1-3H3,(H,23,25). The number of alkyl halides is 3. The van der Waals surface area contributed by atoms with Gasteiger partial charge in [0.15, 0.2) is 5.78 Å². The van der Waals surface area contributed by atoms with Crippen LogP contribution in [0.25, 0.3) is 0 Å². The third-order valence-corrected chi connectivity index (χ3v) is 4.13. The highest BCUT2D eigenvalue weighted by atomic mass is 19.4. The van der Waals surface area contributed by atoms with Gasteiger partial charge in [0.05, 0.1) is 22.2 Å². The van der Waals surface area contributed by atoms with E-state index in [1.165, 1.54) is 18.2 Å². The molecule has 1 aromatic rings. The molecule has 0 heterocycles. The van der Waals surface area contributed by atoms with Gasteiger partial charge in [0, 0.05) is 5.41 Å². The molecule has 7 heteroatoms. The molecule has 0 aliphatic heterocycles. The van der Waals surface area contributed by atoms with E-state index in [9.17, 15) is 22.8 Å². The minimum Gasteiger partial charge on any atom is -0.343 e. The minimum atomic E-state index is -4.66. The normalized spacial score (nSPS) is 22.8. The van der Waals surface area contributed by atoms with Crippen LogP contribution in [0.3, 0.4) is 0 Å². The molecule has 0 spiro atoms. The first-order valence-corrected chi connectivity index (χ1v) is 7.56. The van der Waals surface area contributed by atoms with Gasteiger partial charge in [0.25, 0.3) is 5.91 Å². The first kappa shape index (κ1) is 18.7. The van der Waals surface area contributed by atoms with Crippen LogP contribution in [0.1, 0.15) is 43.1 Å². The van der Waals surface area contributed by atoms with Crippen LogP contribution in [-0.2, 0) is 11.0 Å². The molecule has 1 aromatic carbocycles. The molecule has 0 fully saturated rings. The lowest BCUT2D eigenvalue weighted by Gasteiger charge is -2.39. The molecule has 2 rings (SSSR count). The van der Waals surface area contributed by atoms with E-state index in [-0.39, 0.29) is 17.8 Å². The molecule has 1 aliphatic carbocycles. The van der Waals surface area contributed by atoms with Crippen molar-refractivity contribution in [1.82, 2.24) is 5.32 Å². The van der Waals surface area contributed by atoms with Crippen molar-refractivity contribution in [3.63, 3.8) is 0 Å². The fourth-order valence-corrected chi connectivity index (χ4v) is 3.22. The third-order valence-electron chi connectivity index (χ3n) is 4.13. The van der Waals surface area contributed by atoms with Crippen LogP contribution in [0.4, 0.5) is 13.2 Å². The van der Waals surface area contributed by atoms with E-state index in [0.29, 0.717) is 0 Å². The number of Topliss-reactive ketones (excluding diaryl/α,β-unsaturated/α-hetero) is 1. The molecule has 1 amide bonds. The monoisotopic (exact) mass is 350 g/mol. The number of nitriles is 1. The highest BCUT2D eigenvalue weighted by molar-refractivity contribution is 6.04. The number of rotatable bonds is 2. The highest BCUT2D eigenvalue weighted by Gasteiger charge is 2.44. The summed E-state index contributed by atoms with van der Waals surface area (Å²) < 4.78 is 39.3. The summed E-state index contributed by atoms with van der Waals surface area (Å²) in [5.41, 5.74) is -3.67. The largest absolute Gasteiger partial charge is 0.417 e. The Labute approximate surface area is 143 Å². The Morgan fingerprint density at radius 2 is 1.84 bits per heavy atom. The molecular weight excluding hydrogens is 333 g/mol. The zero-order valence-electron chi connectivity index (χ0n) is 14.0. The molecule has 1 aliphatic rings. The van der Waals surface area contributed by atoms with Crippen LogP contribution in [0.15, 0.2) is 35.9 Å². The molecule has 132 valence electrons. The quantitative estimate of drug-likeness (QED) is 0.885. The van der Waals surface area contributed by atoms with Crippen molar-refractivity contribution < 1.29 is 22.8 Å². The van der Waals surface area contributed by atoms with Gasteiger partial charge in [-0.05, 0) is 31.6 Å². The van der Waals surface area contributed by atoms with Crippen LogP contribution in [0.5, 0.6) is 0 Å². The number of hydrogen-bond acceptors (Lipinski definition) is 3. The Hall–Kier alpha value is -2.62. The zero-order valence-corrected chi connectivity index (χ0v) is 14.0. The van der Waals surface area contributed by atoms with Gasteiger partial charge in [-0.25, -0.2) is 0 Å². The number of nitrogens with zero attached hydrogens (tertiary/aromatic N) is 1. The zero-order chi connectivity index (χ0) is 19.0. The first-order valence-electron chi connectivity index (χ1n) is 7.56. The van der Waals surface area contributed by atoms with Gasteiger partial charge in [0.1, 0.15) is 6.07 Å². The van der Waals surface area contributed by atoms with Crippen LogP contribution < -0.4 is 5.32 Å². The van der Waals surface area contributed by atoms with Crippen molar-refractivity contribution in [3.8, 4) is 6.07 Å². The fraction of sp³-hybridized carbons (Fsp3) is 0.389. The summed E-state index contributed by atoms with van der Waals surface area (Å²) in [5.74, 6) is -1.26. The molecule has 0 saturated carbocycles. The second kappa shape index (κ2) is 6.03. The Morgan fingerprint density at radius 3 is 2.40 bits per heavy atom. The summed E-state index contributed by atoms with van der Waals surface area (Å²) in [6.07, 6.45) is -3.18. The number of ketones is 1. The number of carbonyl (C=O) groups is 2. The number of hydrogen-bond donors (Lipinski definition) is 1. The summed E-state index contributed by atoms with van der Waals surface area (Å²) in [6.45, 7) is 4.84. The predicted octanol–water partition coefficient (Wildman–Crippen LogP) is 3.64. The Balaban J connectivity index is 2.40. The van der Waals surface area contributed by atoms with Crippen molar-refractivity contribution in [1.29, 1.82) is 5.26 Å². The predicted molar refractivity (Wildman–Crippen MR) is 84.4 cm³/mol. The lowest BCUT2D eigenvalue weighted by Crippen LogP contribution is -2.52. The molecule has 0 saturated heterocycles. The van der Waals surface area contributed by atoms with Gasteiger partial charge in [-0.15, -0.1) is 0 Å². The average Bonchev–Trinajstić information content (AvgIpc) is 2.49. The van der Waals surface area contributed by atoms with Gasteiger partial charge in [-0.3, -0.25) is 9.59 Å². The van der Waals surface area contributed by atoms with Crippen LogP contribution in [-0.4, -0.2) is 17.2 Å². The van der Waals surface area contributed by atoms with E-state index >= 15 is 0 Å². The van der Waals surface area contributed by atoms with E-state index in [0.717, 1.165) is 12.1 Å². The molecular formula is C18H17F3N2O2. The maximum atomic E-state index is 13.1. The molecule has 0 aromatic heterocycles. The van der Waals surface area contributed by atoms with E-state index in [1.54, 1.807) is 26.8 Å². The number of allylic oxidation sites excluding steroid dienone is 1. The smallest absolute Gasteiger partial charge is 0.343 e. The Bertz CT molecular complexity index is 803. The number of halogens is 3. The van der Waals surface area contributed by atoms with Gasteiger partial charge in [-0.2, -0.15) is 18.4 Å². The summed E-state index contributed by atoms with van der Waals surface area (Å²) in [4.78, 5) is 24.6. The maximum absolute atomic E-state index is 13.1. The second-order valence-corrected chi connectivity index (χ2v) is 6.97. The third kappa shape index (κ3) is 3.73. The van der Waals surface area contributed by atoms with Gasteiger partial charge in [-0.1, -0.05) is 26.0 Å². The van der Waals surface area contributed by atoms with Crippen LogP contribution in [0.2, 0.25) is 0 Å². The summed E-state index contributed by atoms with van der Waals surface area (Å²) in [6, 6.07) is 6.27. The van der Waals surface area contributed by atoms with Crippen molar-refractivity contribution in [2.45, 2.75) is 38.9 Å². The molecule has 0 radical (unpaired) electrons. The number of benzene rings is 1. The van der Waals surface area contributed by atoms with Gasteiger partial charge >= 0.3 is 6.18 Å². The van der Waals surface area contributed by atoms with Crippen molar-refractivity contribution >= 4 is 11.7 Å². The lowest BCUT2D eigenvalue weighted by atomic mass is 9.69. The first-order chi connectivity index (χ1) is 11.4. The van der Waals surface area contributed by atoms with Gasteiger partial charge in [0.2, 0.25) is 0 Å². The van der Waals surface area contributed by atoms with Crippen molar-refractivity contribution in [2.24, 2.45) is 5.41 Å². The minimum absolute atomic E-state index is 0.108. The average molecular weight is 350 g/mol. The molecule has 1 unspecified atom stereocenters. The van der Waals surface area contributed by atoms with E-state index in [4.69, 9.17) is 5.26 Å². The van der Waals surface area contributed by atoms with Crippen LogP contribution >= 0.6 is 0 Å². The molecule has 0 bridgehead atoms. The van der Waals surface area contributed by atoms with Crippen molar-refractivity contribution in [2.75, 3.05) is 0 Å². The molecule has 25 heavy (non-hydrogen) atoms. The maximum Gasteiger partial charge on any atom is 0.417 e. The summed E-state index contributed by atoms with van der Waals surface area (Å²) in [7, 11) is 0. The fourth-order valence-electron chi connectivity index (χ4n) is 3.22. The van der Waals surface area contributed by atoms with E-state index < -0.39 is 34.2 Å². The number of nitrogens with one attached hydrogen (secondary N) is 1. The Kier molecular flexibility index (Phi) is 4.51. The Morgan fingerprint density at radius 1 is 1.24 bits per heavy atom. The lowest BCUT2D eigenvalue weighted by molar-refractivity contribution is -0.138.